The van der Waals surface area contributed by atoms with Crippen LogP contribution in [0.5, 0.6) is 0 Å². The molecule has 0 fully saturated rings. The zero-order valence-electron chi connectivity index (χ0n) is 39.6. The molecule has 0 radical (unpaired) electrons. The largest absolute Gasteiger partial charge is 0.464 e. The molecule has 0 bridgehead atoms. The summed E-state index contributed by atoms with van der Waals surface area (Å²) in [4.78, 5) is 40.4. The van der Waals surface area contributed by atoms with E-state index in [9.17, 15) is 22.8 Å². The first-order valence-corrected chi connectivity index (χ1v) is 23.5. The summed E-state index contributed by atoms with van der Waals surface area (Å²) in [6.07, 6.45) is 0.630. The standard InChI is InChI=1S/C42H82N2O18S/c1-9-41(4,38(46)61-15-13-44(6,7)12-10-34-63(48,49)50)36-42(5,39(47)60-14-11-43)35-40(2,3)37(45)62-33-32-59-31-30-58-29-28-57-27-26-56-25-24-55-23-22-54-21-20-53-19-18-52-17-16-51-8/h9-36,43H2,1-8H3/p+1. The monoisotopic (exact) mass is 936 g/mol. The minimum atomic E-state index is -4.06. The fraction of sp³-hybridized carbons (Fsp3) is 0.929. The lowest BCUT2D eigenvalue weighted by Gasteiger charge is -2.39. The molecule has 63 heavy (non-hydrogen) atoms. The second kappa shape index (κ2) is 35.1. The molecule has 0 aromatic carbocycles. The van der Waals surface area contributed by atoms with E-state index >= 15 is 0 Å². The van der Waals surface area contributed by atoms with Gasteiger partial charge in [0.05, 0.1) is 155 Å². The van der Waals surface area contributed by atoms with Gasteiger partial charge in [-0.2, -0.15) is 8.42 Å². The summed E-state index contributed by atoms with van der Waals surface area (Å²) in [5, 5.41) is 0. The van der Waals surface area contributed by atoms with E-state index in [-0.39, 0.29) is 64.6 Å². The van der Waals surface area contributed by atoms with Gasteiger partial charge in [-0.15, -0.1) is 0 Å². The van der Waals surface area contributed by atoms with E-state index in [1.54, 1.807) is 34.8 Å². The highest BCUT2D eigenvalue weighted by molar-refractivity contribution is 7.85. The molecule has 2 atom stereocenters. The SMILES string of the molecule is CCC(C)(CC(C)(CC(C)(C)C(=O)OCCOCCOCCOCCOCCOCCOCCOCCOCCOC)C(=O)OCCN)C(=O)OCC[N+](C)(C)CCCS(=O)(=O)O. The number of hydrogen-bond donors (Lipinski definition) is 2. The van der Waals surface area contributed by atoms with Crippen LogP contribution in [0.2, 0.25) is 0 Å². The van der Waals surface area contributed by atoms with Gasteiger partial charge in [0.15, 0.2) is 0 Å². The number of carbonyl (C=O) groups is 3. The number of ether oxygens (including phenoxy) is 12. The molecule has 0 aromatic rings. The second-order valence-corrected chi connectivity index (χ2v) is 18.4. The van der Waals surface area contributed by atoms with Gasteiger partial charge in [0.2, 0.25) is 0 Å². The lowest BCUT2D eigenvalue weighted by Crippen LogP contribution is -2.46. The predicted octanol–water partition coefficient (Wildman–Crippen LogP) is 1.94. The van der Waals surface area contributed by atoms with Crippen LogP contribution in [-0.4, -0.2) is 214 Å². The molecule has 0 spiro atoms. The van der Waals surface area contributed by atoms with Crippen LogP contribution >= 0.6 is 0 Å². The zero-order chi connectivity index (χ0) is 47.5. The van der Waals surface area contributed by atoms with E-state index < -0.39 is 44.3 Å². The van der Waals surface area contributed by atoms with Gasteiger partial charge >= 0.3 is 17.9 Å². The molecule has 2 unspecified atom stereocenters. The molecule has 0 saturated carbocycles. The molecule has 0 heterocycles. The number of likely N-dealkylation sites (N-methyl/N-ethyl adjacent to an activating group) is 1. The number of rotatable bonds is 44. The first-order valence-electron chi connectivity index (χ1n) is 21.9. The molecule has 0 saturated heterocycles. The van der Waals surface area contributed by atoms with Crippen LogP contribution in [0, 0.1) is 16.2 Å². The number of hydrogen-bond acceptors (Lipinski definition) is 18. The van der Waals surface area contributed by atoms with Crippen molar-refractivity contribution in [2.24, 2.45) is 22.0 Å². The Morgan fingerprint density at radius 1 is 0.524 bits per heavy atom. The Bertz CT molecular complexity index is 1310. The highest BCUT2D eigenvalue weighted by atomic mass is 32.2. The molecule has 0 rings (SSSR count). The Kier molecular flexibility index (Phi) is 33.9. The summed E-state index contributed by atoms with van der Waals surface area (Å²) in [5.41, 5.74) is 2.06. The molecule has 0 aromatic heterocycles. The number of nitrogens with two attached hydrogens (primary N) is 1. The Balaban J connectivity index is 4.40. The molecule has 0 aliphatic heterocycles. The summed E-state index contributed by atoms with van der Waals surface area (Å²) < 4.78 is 96.9. The third-order valence-electron chi connectivity index (χ3n) is 9.87. The third kappa shape index (κ3) is 32.2. The van der Waals surface area contributed by atoms with Gasteiger partial charge in [-0.3, -0.25) is 18.9 Å². The van der Waals surface area contributed by atoms with Gasteiger partial charge in [0, 0.05) is 20.1 Å². The van der Waals surface area contributed by atoms with Crippen LogP contribution in [0.15, 0.2) is 0 Å². The van der Waals surface area contributed by atoms with E-state index in [0.29, 0.717) is 123 Å². The smallest absolute Gasteiger partial charge is 0.312 e. The Morgan fingerprint density at radius 2 is 0.889 bits per heavy atom. The van der Waals surface area contributed by atoms with Gasteiger partial charge < -0.3 is 67.1 Å². The summed E-state index contributed by atoms with van der Waals surface area (Å²) >= 11 is 0. The van der Waals surface area contributed by atoms with Gasteiger partial charge in [0.1, 0.15) is 26.4 Å². The van der Waals surface area contributed by atoms with Crippen LogP contribution in [-0.2, 0) is 81.3 Å². The minimum absolute atomic E-state index is 0.00921. The van der Waals surface area contributed by atoms with Crippen molar-refractivity contribution < 1.29 is 88.7 Å². The Morgan fingerprint density at radius 3 is 1.27 bits per heavy atom. The maximum Gasteiger partial charge on any atom is 0.312 e. The van der Waals surface area contributed by atoms with Crippen molar-refractivity contribution in [1.82, 2.24) is 0 Å². The first-order chi connectivity index (χ1) is 29.8. The van der Waals surface area contributed by atoms with Crippen molar-refractivity contribution in [3.05, 3.63) is 0 Å². The van der Waals surface area contributed by atoms with Crippen LogP contribution in [0.3, 0.4) is 0 Å². The van der Waals surface area contributed by atoms with Crippen molar-refractivity contribution in [2.45, 2.75) is 60.3 Å². The van der Waals surface area contributed by atoms with Crippen molar-refractivity contribution >= 4 is 28.0 Å². The molecule has 21 heteroatoms. The average Bonchev–Trinajstić information content (AvgIpc) is 3.21. The van der Waals surface area contributed by atoms with Crippen LogP contribution in [0.4, 0.5) is 0 Å². The van der Waals surface area contributed by atoms with E-state index in [0.717, 1.165) is 0 Å². The number of quaternary nitrogens is 1. The fourth-order valence-corrected chi connectivity index (χ4v) is 6.80. The third-order valence-corrected chi connectivity index (χ3v) is 10.7. The average molecular weight is 936 g/mol. The van der Waals surface area contributed by atoms with E-state index in [1.807, 2.05) is 21.0 Å². The van der Waals surface area contributed by atoms with Gasteiger partial charge in [0.25, 0.3) is 10.1 Å². The van der Waals surface area contributed by atoms with Crippen LogP contribution in [0.25, 0.3) is 0 Å². The maximum atomic E-state index is 13.5. The Hall–Kier alpha value is -2.12. The van der Waals surface area contributed by atoms with Crippen molar-refractivity contribution in [2.75, 3.05) is 179 Å². The molecule has 0 aliphatic rings. The Labute approximate surface area is 376 Å². The van der Waals surface area contributed by atoms with E-state index in [1.165, 1.54) is 0 Å². The van der Waals surface area contributed by atoms with Crippen molar-refractivity contribution in [3.8, 4) is 0 Å². The lowest BCUT2D eigenvalue weighted by molar-refractivity contribution is -0.890. The zero-order valence-corrected chi connectivity index (χ0v) is 40.4. The maximum absolute atomic E-state index is 13.5. The fourth-order valence-electron chi connectivity index (χ4n) is 6.30. The summed E-state index contributed by atoms with van der Waals surface area (Å²) in [6, 6.07) is 0. The molecule has 0 aliphatic carbocycles. The number of methoxy groups -OCH3 is 1. The molecule has 0 amide bonds. The van der Waals surface area contributed by atoms with Gasteiger partial charge in [-0.25, -0.2) is 0 Å². The normalized spacial score (nSPS) is 14.3. The highest BCUT2D eigenvalue weighted by Crippen LogP contribution is 2.45. The van der Waals surface area contributed by atoms with Crippen LogP contribution in [0.1, 0.15) is 60.3 Å². The number of carbonyl (C=O) groups excluding carboxylic acids is 3. The summed E-state index contributed by atoms with van der Waals surface area (Å²) in [5.74, 6) is -1.99. The minimum Gasteiger partial charge on any atom is -0.464 e. The van der Waals surface area contributed by atoms with E-state index in [2.05, 4.69) is 0 Å². The number of nitrogens with zero attached hydrogens (tertiary/aromatic N) is 1. The molecule has 374 valence electrons. The number of esters is 3. The van der Waals surface area contributed by atoms with Gasteiger partial charge in [-0.1, -0.05) is 6.92 Å². The second-order valence-electron chi connectivity index (χ2n) is 16.8. The highest BCUT2D eigenvalue weighted by Gasteiger charge is 2.50. The quantitative estimate of drug-likeness (QED) is 0.0292. The molecular formula is C42H83N2O18S+. The van der Waals surface area contributed by atoms with Crippen LogP contribution < -0.4 is 5.73 Å². The van der Waals surface area contributed by atoms with Crippen molar-refractivity contribution in [3.63, 3.8) is 0 Å². The topological polar surface area (TPSA) is 242 Å². The predicted molar refractivity (Wildman–Crippen MR) is 233 cm³/mol. The summed E-state index contributed by atoms with van der Waals surface area (Å²) in [7, 11) is 1.30. The van der Waals surface area contributed by atoms with Crippen molar-refractivity contribution in [1.29, 1.82) is 0 Å². The summed E-state index contributed by atoms with van der Waals surface area (Å²) in [6.45, 7) is 16.9. The molecule has 3 N–H and O–H groups in total. The van der Waals surface area contributed by atoms with E-state index in [4.69, 9.17) is 67.1 Å². The van der Waals surface area contributed by atoms with Gasteiger partial charge in [-0.05, 0) is 47.0 Å². The molecule has 20 nitrogen and oxygen atoms in total. The lowest BCUT2D eigenvalue weighted by atomic mass is 9.65. The molecular weight excluding hydrogens is 853 g/mol. The first kappa shape index (κ1) is 60.9.